The number of nitrogens with one attached hydrogen (secondary N) is 2. The Morgan fingerprint density at radius 3 is 2.61 bits per heavy atom. The molecule has 1 saturated heterocycles. The lowest BCUT2D eigenvalue weighted by molar-refractivity contribution is 0.122. The maximum absolute atomic E-state index is 12.2. The van der Waals surface area contributed by atoms with Gasteiger partial charge in [-0.1, -0.05) is 24.3 Å². The van der Waals surface area contributed by atoms with Crippen LogP contribution in [0.25, 0.3) is 0 Å². The number of morpholine rings is 1. The fourth-order valence-corrected chi connectivity index (χ4v) is 3.05. The van der Waals surface area contributed by atoms with Crippen LogP contribution >= 0.6 is 0 Å². The third kappa shape index (κ3) is 5.37. The maximum atomic E-state index is 12.2. The summed E-state index contributed by atoms with van der Waals surface area (Å²) in [4.78, 5) is 14.4. The monoisotopic (exact) mass is 385 g/mol. The van der Waals surface area contributed by atoms with Crippen molar-refractivity contribution in [1.29, 1.82) is 0 Å². The predicted octanol–water partition coefficient (Wildman–Crippen LogP) is 2.78. The molecular formula is C21H27N3O4. The maximum Gasteiger partial charge on any atom is 0.319 e. The molecule has 1 heterocycles. The van der Waals surface area contributed by atoms with Crippen LogP contribution in [-0.4, -0.2) is 50.6 Å². The van der Waals surface area contributed by atoms with Gasteiger partial charge in [0.2, 0.25) is 0 Å². The highest BCUT2D eigenvalue weighted by atomic mass is 16.5. The second-order valence-electron chi connectivity index (χ2n) is 6.47. The van der Waals surface area contributed by atoms with E-state index in [1.165, 1.54) is 0 Å². The van der Waals surface area contributed by atoms with E-state index in [0.717, 1.165) is 37.6 Å². The molecule has 3 N–H and O–H groups in total. The third-order valence-corrected chi connectivity index (χ3v) is 4.55. The van der Waals surface area contributed by atoms with Crippen LogP contribution in [0.1, 0.15) is 18.6 Å². The Bertz CT molecular complexity index is 761. The van der Waals surface area contributed by atoms with Crippen LogP contribution in [0.3, 0.4) is 0 Å². The fraction of sp³-hybridized carbons (Fsp3) is 0.381. The molecule has 2 aromatic carbocycles. The molecule has 1 aliphatic rings. The molecule has 28 heavy (non-hydrogen) atoms. The summed E-state index contributed by atoms with van der Waals surface area (Å²) < 4.78 is 10.9. The van der Waals surface area contributed by atoms with Crippen LogP contribution in [-0.2, 0) is 4.74 Å². The first kappa shape index (κ1) is 20.0. The Balaban J connectivity index is 1.50. The Labute approximate surface area is 165 Å². The summed E-state index contributed by atoms with van der Waals surface area (Å²) in [7, 11) is 0. The van der Waals surface area contributed by atoms with Gasteiger partial charge < -0.3 is 30.1 Å². The Morgan fingerprint density at radius 1 is 1.18 bits per heavy atom. The number of carbonyl (C=O) groups is 1. The number of nitrogens with zero attached hydrogens (tertiary/aromatic N) is 1. The number of carbonyl (C=O) groups excluding carboxylic acids is 1. The minimum absolute atomic E-state index is 0.111. The van der Waals surface area contributed by atoms with Gasteiger partial charge in [-0.25, -0.2) is 4.79 Å². The molecule has 3 rings (SSSR count). The number of ether oxygens (including phenoxy) is 2. The quantitative estimate of drug-likeness (QED) is 0.683. The molecule has 1 aliphatic heterocycles. The van der Waals surface area contributed by atoms with Gasteiger partial charge in [0.15, 0.2) is 0 Å². The van der Waals surface area contributed by atoms with Gasteiger partial charge in [-0.2, -0.15) is 0 Å². The summed E-state index contributed by atoms with van der Waals surface area (Å²) in [5, 5.41) is 15.8. The van der Waals surface area contributed by atoms with Crippen LogP contribution in [0.5, 0.6) is 5.75 Å². The van der Waals surface area contributed by atoms with E-state index in [4.69, 9.17) is 9.47 Å². The zero-order chi connectivity index (χ0) is 19.8. The van der Waals surface area contributed by atoms with Gasteiger partial charge in [0.1, 0.15) is 5.75 Å². The molecule has 1 unspecified atom stereocenters. The average Bonchev–Trinajstić information content (AvgIpc) is 2.74. The smallest absolute Gasteiger partial charge is 0.319 e. The zero-order valence-electron chi connectivity index (χ0n) is 16.1. The van der Waals surface area contributed by atoms with Crippen LogP contribution in [0.15, 0.2) is 48.5 Å². The van der Waals surface area contributed by atoms with Gasteiger partial charge in [0.05, 0.1) is 31.6 Å². The highest BCUT2D eigenvalue weighted by Crippen LogP contribution is 2.23. The Hall–Kier alpha value is -2.77. The lowest BCUT2D eigenvalue weighted by atomic mass is 10.1. The van der Waals surface area contributed by atoms with E-state index in [1.54, 1.807) is 12.1 Å². The predicted molar refractivity (Wildman–Crippen MR) is 109 cm³/mol. The van der Waals surface area contributed by atoms with E-state index in [1.807, 2.05) is 43.3 Å². The average molecular weight is 385 g/mol. The zero-order valence-corrected chi connectivity index (χ0v) is 16.1. The first-order chi connectivity index (χ1) is 13.7. The van der Waals surface area contributed by atoms with Crippen molar-refractivity contribution in [3.05, 3.63) is 54.1 Å². The summed E-state index contributed by atoms with van der Waals surface area (Å²) in [6.07, 6.45) is -0.786. The largest absolute Gasteiger partial charge is 0.492 e. The third-order valence-electron chi connectivity index (χ3n) is 4.55. The van der Waals surface area contributed by atoms with E-state index < -0.39 is 12.1 Å². The topological polar surface area (TPSA) is 83.1 Å². The molecule has 1 fully saturated rings. The number of anilines is 2. The van der Waals surface area contributed by atoms with Gasteiger partial charge >= 0.3 is 6.03 Å². The number of aliphatic hydroxyl groups is 1. The summed E-state index contributed by atoms with van der Waals surface area (Å²) in [6, 6.07) is 14.6. The van der Waals surface area contributed by atoms with Gasteiger partial charge in [0, 0.05) is 25.3 Å². The Morgan fingerprint density at radius 2 is 1.89 bits per heavy atom. The lowest BCUT2D eigenvalue weighted by Gasteiger charge is -2.29. The van der Waals surface area contributed by atoms with E-state index in [2.05, 4.69) is 15.5 Å². The fourth-order valence-electron chi connectivity index (χ4n) is 3.05. The van der Waals surface area contributed by atoms with Crippen molar-refractivity contribution in [3.8, 4) is 5.75 Å². The van der Waals surface area contributed by atoms with E-state index in [9.17, 15) is 9.90 Å². The van der Waals surface area contributed by atoms with Crippen LogP contribution in [0, 0.1) is 0 Å². The molecule has 7 heteroatoms. The first-order valence-corrected chi connectivity index (χ1v) is 9.54. The summed E-state index contributed by atoms with van der Waals surface area (Å²) >= 11 is 0. The molecule has 2 aromatic rings. The highest BCUT2D eigenvalue weighted by Gasteiger charge is 2.14. The van der Waals surface area contributed by atoms with E-state index >= 15 is 0 Å². The van der Waals surface area contributed by atoms with E-state index in [-0.39, 0.29) is 6.54 Å². The molecule has 7 nitrogen and oxygen atoms in total. The van der Waals surface area contributed by atoms with E-state index in [0.29, 0.717) is 18.0 Å². The molecule has 0 spiro atoms. The number of hydrogen-bond acceptors (Lipinski definition) is 5. The number of aliphatic hydroxyl groups excluding tert-OH is 1. The lowest BCUT2D eigenvalue weighted by Crippen LogP contribution is -2.36. The summed E-state index contributed by atoms with van der Waals surface area (Å²) in [5.74, 6) is 0.611. The number of hydrogen-bond donors (Lipinski definition) is 3. The first-order valence-electron chi connectivity index (χ1n) is 9.54. The molecule has 1 atom stereocenters. The molecule has 150 valence electrons. The van der Waals surface area contributed by atoms with Crippen molar-refractivity contribution in [2.75, 3.05) is 49.7 Å². The highest BCUT2D eigenvalue weighted by molar-refractivity contribution is 5.90. The van der Waals surface area contributed by atoms with Gasteiger partial charge in [0.25, 0.3) is 0 Å². The molecule has 0 saturated carbocycles. The molecular weight excluding hydrogens is 358 g/mol. The molecule has 0 radical (unpaired) electrons. The van der Waals surface area contributed by atoms with Crippen LogP contribution < -0.4 is 20.3 Å². The van der Waals surface area contributed by atoms with Crippen molar-refractivity contribution in [2.45, 2.75) is 13.0 Å². The molecule has 0 aromatic heterocycles. The normalized spacial score (nSPS) is 15.0. The minimum atomic E-state index is -0.786. The van der Waals surface area contributed by atoms with Crippen molar-refractivity contribution >= 4 is 17.4 Å². The number of benzene rings is 2. The molecule has 2 amide bonds. The standard InChI is InChI=1S/C21H27N3O4/c1-2-28-20-6-4-3-5-18(20)23-21(26)22-15-19(25)16-7-9-17(10-8-16)24-11-13-27-14-12-24/h3-10,19,25H,2,11-15H2,1H3,(H2,22,23,26). The number of amides is 2. The van der Waals surface area contributed by atoms with Crippen molar-refractivity contribution < 1.29 is 19.4 Å². The van der Waals surface area contributed by atoms with Gasteiger partial charge in [-0.3, -0.25) is 0 Å². The van der Waals surface area contributed by atoms with Crippen LogP contribution in [0.2, 0.25) is 0 Å². The summed E-state index contributed by atoms with van der Waals surface area (Å²) in [6.45, 7) is 5.71. The van der Waals surface area contributed by atoms with Gasteiger partial charge in [-0.15, -0.1) is 0 Å². The minimum Gasteiger partial charge on any atom is -0.492 e. The van der Waals surface area contributed by atoms with Crippen molar-refractivity contribution in [1.82, 2.24) is 5.32 Å². The number of rotatable bonds is 7. The second kappa shape index (κ2) is 9.96. The Kier molecular flexibility index (Phi) is 7.11. The van der Waals surface area contributed by atoms with Gasteiger partial charge in [-0.05, 0) is 36.8 Å². The molecule has 0 aliphatic carbocycles. The second-order valence-corrected chi connectivity index (χ2v) is 6.47. The van der Waals surface area contributed by atoms with Crippen molar-refractivity contribution in [3.63, 3.8) is 0 Å². The molecule has 0 bridgehead atoms. The SMILES string of the molecule is CCOc1ccccc1NC(=O)NCC(O)c1ccc(N2CCOCC2)cc1. The number of urea groups is 1. The van der Waals surface area contributed by atoms with Crippen molar-refractivity contribution in [2.24, 2.45) is 0 Å². The summed E-state index contributed by atoms with van der Waals surface area (Å²) in [5.41, 5.74) is 2.45. The number of para-hydroxylation sites is 2. The van der Waals surface area contributed by atoms with Crippen LogP contribution in [0.4, 0.5) is 16.2 Å².